The molecule has 1 aromatic rings. The number of methoxy groups -OCH3 is 1. The lowest BCUT2D eigenvalue weighted by Crippen LogP contribution is -2.27. The maximum absolute atomic E-state index is 11.7. The Morgan fingerprint density at radius 2 is 2.27 bits per heavy atom. The molecule has 0 aliphatic heterocycles. The van der Waals surface area contributed by atoms with Crippen LogP contribution in [0.3, 0.4) is 0 Å². The topological polar surface area (TPSA) is 38.3 Å². The van der Waals surface area contributed by atoms with E-state index in [1.54, 1.807) is 7.11 Å². The zero-order chi connectivity index (χ0) is 11.3. The fourth-order valence-corrected chi connectivity index (χ4v) is 1.84. The van der Waals surface area contributed by atoms with Crippen LogP contribution in [0.5, 0.6) is 0 Å². The van der Waals surface area contributed by atoms with Crippen molar-refractivity contribution in [2.75, 3.05) is 20.3 Å². The van der Waals surface area contributed by atoms with Crippen LogP contribution < -0.4 is 5.32 Å². The van der Waals surface area contributed by atoms with E-state index in [-0.39, 0.29) is 5.91 Å². The largest absolute Gasteiger partial charge is 0.383 e. The van der Waals surface area contributed by atoms with Crippen molar-refractivity contribution >= 4 is 21.8 Å². The fraction of sp³-hybridized carbons (Fsp3) is 0.364. The van der Waals surface area contributed by atoms with Crippen molar-refractivity contribution < 1.29 is 9.53 Å². The predicted molar refractivity (Wildman–Crippen MR) is 63.1 cm³/mol. The summed E-state index contributed by atoms with van der Waals surface area (Å²) in [6.07, 6.45) is 0. The first-order valence-electron chi connectivity index (χ1n) is 4.68. The molecule has 0 bridgehead atoms. The lowest BCUT2D eigenvalue weighted by molar-refractivity contribution is 0.0936. The highest BCUT2D eigenvalue weighted by Crippen LogP contribution is 2.17. The van der Waals surface area contributed by atoms with Crippen LogP contribution in [0.1, 0.15) is 15.9 Å². The first-order valence-corrected chi connectivity index (χ1v) is 5.47. The molecule has 15 heavy (non-hydrogen) atoms. The van der Waals surface area contributed by atoms with Gasteiger partial charge in [-0.25, -0.2) is 0 Å². The molecule has 3 nitrogen and oxygen atoms in total. The number of hydrogen-bond donors (Lipinski definition) is 1. The summed E-state index contributed by atoms with van der Waals surface area (Å²) in [5.74, 6) is -0.0843. The fourth-order valence-electron chi connectivity index (χ4n) is 1.17. The van der Waals surface area contributed by atoms with Crippen LogP contribution in [0.15, 0.2) is 22.7 Å². The number of rotatable bonds is 4. The zero-order valence-corrected chi connectivity index (χ0v) is 10.4. The predicted octanol–water partition coefficient (Wildman–Crippen LogP) is 2.13. The number of nitrogens with one attached hydrogen (secondary N) is 1. The molecule has 82 valence electrons. The molecule has 0 fully saturated rings. The number of halogens is 1. The van der Waals surface area contributed by atoms with E-state index in [2.05, 4.69) is 21.2 Å². The summed E-state index contributed by atoms with van der Waals surface area (Å²) in [5.41, 5.74) is 1.77. The van der Waals surface area contributed by atoms with Crippen LogP contribution in [0.4, 0.5) is 0 Å². The normalized spacial score (nSPS) is 10.1. The van der Waals surface area contributed by atoms with E-state index in [0.717, 1.165) is 10.0 Å². The number of carbonyl (C=O) groups excluding carboxylic acids is 1. The number of carbonyl (C=O) groups is 1. The number of amides is 1. The summed E-state index contributed by atoms with van der Waals surface area (Å²) in [5, 5.41) is 2.77. The van der Waals surface area contributed by atoms with Crippen molar-refractivity contribution in [3.63, 3.8) is 0 Å². The molecule has 0 atom stereocenters. The molecule has 0 aromatic heterocycles. The van der Waals surface area contributed by atoms with Gasteiger partial charge in [0.15, 0.2) is 0 Å². The van der Waals surface area contributed by atoms with Gasteiger partial charge in [-0.15, -0.1) is 0 Å². The lowest BCUT2D eigenvalue weighted by Gasteiger charge is -2.06. The van der Waals surface area contributed by atoms with E-state index in [1.807, 2.05) is 25.1 Å². The molecule has 1 N–H and O–H groups in total. The number of benzene rings is 1. The molecule has 1 amide bonds. The molecule has 0 radical (unpaired) electrons. The summed E-state index contributed by atoms with van der Waals surface area (Å²) in [7, 11) is 1.61. The van der Waals surface area contributed by atoms with Crippen LogP contribution in [0, 0.1) is 6.92 Å². The minimum atomic E-state index is -0.0843. The monoisotopic (exact) mass is 271 g/mol. The molecule has 4 heteroatoms. The Labute approximate surface area is 97.9 Å². The second-order valence-electron chi connectivity index (χ2n) is 3.23. The molecular formula is C11H14BrNO2. The Morgan fingerprint density at radius 3 is 2.87 bits per heavy atom. The van der Waals surface area contributed by atoms with Gasteiger partial charge in [-0.1, -0.05) is 6.07 Å². The first-order chi connectivity index (χ1) is 7.15. The van der Waals surface area contributed by atoms with E-state index in [9.17, 15) is 4.79 Å². The molecular weight excluding hydrogens is 258 g/mol. The van der Waals surface area contributed by atoms with Crippen LogP contribution in [0.25, 0.3) is 0 Å². The average molecular weight is 272 g/mol. The molecule has 1 rings (SSSR count). The van der Waals surface area contributed by atoms with Crippen LogP contribution >= 0.6 is 15.9 Å². The Kier molecular flexibility index (Phi) is 4.78. The van der Waals surface area contributed by atoms with Crippen LogP contribution in [0.2, 0.25) is 0 Å². The Balaban J connectivity index is 2.65. The average Bonchev–Trinajstić information content (AvgIpc) is 2.17. The highest BCUT2D eigenvalue weighted by molar-refractivity contribution is 9.10. The van der Waals surface area contributed by atoms with Gasteiger partial charge < -0.3 is 10.1 Å². The van der Waals surface area contributed by atoms with Crippen molar-refractivity contribution in [2.45, 2.75) is 6.92 Å². The molecule has 0 saturated heterocycles. The molecule has 0 saturated carbocycles. The van der Waals surface area contributed by atoms with Crippen molar-refractivity contribution in [3.05, 3.63) is 33.8 Å². The summed E-state index contributed by atoms with van der Waals surface area (Å²) in [6, 6.07) is 5.64. The van der Waals surface area contributed by atoms with E-state index in [1.165, 1.54) is 0 Å². The summed E-state index contributed by atoms with van der Waals surface area (Å²) in [4.78, 5) is 11.7. The van der Waals surface area contributed by atoms with Crippen LogP contribution in [-0.4, -0.2) is 26.2 Å². The van der Waals surface area contributed by atoms with E-state index in [4.69, 9.17) is 4.74 Å². The van der Waals surface area contributed by atoms with Gasteiger partial charge in [0, 0.05) is 18.1 Å². The molecule has 0 aliphatic carbocycles. The Hall–Kier alpha value is -0.870. The molecule has 0 heterocycles. The minimum Gasteiger partial charge on any atom is -0.383 e. The van der Waals surface area contributed by atoms with E-state index in [0.29, 0.717) is 18.7 Å². The van der Waals surface area contributed by atoms with Gasteiger partial charge in [0.25, 0.3) is 5.91 Å². The van der Waals surface area contributed by atoms with Gasteiger partial charge >= 0.3 is 0 Å². The Bertz CT molecular complexity index is 352. The summed E-state index contributed by atoms with van der Waals surface area (Å²) < 4.78 is 5.67. The molecule has 0 aliphatic rings. The van der Waals surface area contributed by atoms with Crippen molar-refractivity contribution in [2.24, 2.45) is 0 Å². The maximum atomic E-state index is 11.7. The molecule has 0 unspecified atom stereocenters. The third-order valence-electron chi connectivity index (χ3n) is 1.96. The van der Waals surface area contributed by atoms with Gasteiger partial charge in [0.05, 0.1) is 12.2 Å². The summed E-state index contributed by atoms with van der Waals surface area (Å²) >= 11 is 3.36. The number of aryl methyl sites for hydroxylation is 1. The standard InChI is InChI=1S/C11H14BrNO2/c1-8-3-4-9(10(12)7-8)11(14)13-5-6-15-2/h3-4,7H,5-6H2,1-2H3,(H,13,14). The van der Waals surface area contributed by atoms with Gasteiger partial charge in [-0.2, -0.15) is 0 Å². The zero-order valence-electron chi connectivity index (χ0n) is 8.84. The van der Waals surface area contributed by atoms with Crippen LogP contribution in [-0.2, 0) is 4.74 Å². The highest BCUT2D eigenvalue weighted by atomic mass is 79.9. The second kappa shape index (κ2) is 5.88. The Morgan fingerprint density at radius 1 is 1.53 bits per heavy atom. The van der Waals surface area contributed by atoms with Crippen molar-refractivity contribution in [1.82, 2.24) is 5.32 Å². The maximum Gasteiger partial charge on any atom is 0.252 e. The molecule has 1 aromatic carbocycles. The number of hydrogen-bond acceptors (Lipinski definition) is 2. The second-order valence-corrected chi connectivity index (χ2v) is 4.09. The lowest BCUT2D eigenvalue weighted by atomic mass is 10.1. The van der Waals surface area contributed by atoms with E-state index >= 15 is 0 Å². The van der Waals surface area contributed by atoms with Gasteiger partial charge in [0.2, 0.25) is 0 Å². The SMILES string of the molecule is COCCNC(=O)c1ccc(C)cc1Br. The summed E-state index contributed by atoms with van der Waals surface area (Å²) in [6.45, 7) is 3.03. The van der Waals surface area contributed by atoms with Gasteiger partial charge in [-0.3, -0.25) is 4.79 Å². The van der Waals surface area contributed by atoms with E-state index < -0.39 is 0 Å². The third kappa shape index (κ3) is 3.64. The van der Waals surface area contributed by atoms with Gasteiger partial charge in [0.1, 0.15) is 0 Å². The first kappa shape index (κ1) is 12.2. The smallest absolute Gasteiger partial charge is 0.252 e. The van der Waals surface area contributed by atoms with Gasteiger partial charge in [-0.05, 0) is 40.5 Å². The van der Waals surface area contributed by atoms with Crippen molar-refractivity contribution in [3.8, 4) is 0 Å². The number of ether oxygens (including phenoxy) is 1. The highest BCUT2D eigenvalue weighted by Gasteiger charge is 2.08. The quantitative estimate of drug-likeness (QED) is 0.853. The molecule has 0 spiro atoms. The minimum absolute atomic E-state index is 0.0843. The third-order valence-corrected chi connectivity index (χ3v) is 2.62. The van der Waals surface area contributed by atoms with Crippen molar-refractivity contribution in [1.29, 1.82) is 0 Å².